The number of carbonyl (C=O) groups excluding carboxylic acids is 1. The molecule has 1 aromatic carbocycles. The van der Waals surface area contributed by atoms with Crippen LogP contribution in [0.15, 0.2) is 36.4 Å². The lowest BCUT2D eigenvalue weighted by Crippen LogP contribution is -2.29. The van der Waals surface area contributed by atoms with Gasteiger partial charge >= 0.3 is 0 Å². The fourth-order valence-corrected chi connectivity index (χ4v) is 4.44. The smallest absolute Gasteiger partial charge is 0.282 e. The Labute approximate surface area is 174 Å². The van der Waals surface area contributed by atoms with Crippen molar-refractivity contribution in [2.75, 3.05) is 0 Å². The van der Waals surface area contributed by atoms with Gasteiger partial charge in [-0.1, -0.05) is 41.2 Å². The van der Waals surface area contributed by atoms with Gasteiger partial charge in [0.05, 0.1) is 6.54 Å². The quantitative estimate of drug-likeness (QED) is 0.587. The number of amides is 1. The number of nitrogens with zero attached hydrogens (tertiary/aromatic N) is 3. The molecule has 0 aliphatic heterocycles. The minimum Gasteiger partial charge on any atom is -0.346 e. The Hall–Kier alpha value is -2.09. The number of hydrogen-bond donors (Lipinski definition) is 1. The highest BCUT2D eigenvalue weighted by Crippen LogP contribution is 2.21. The molecule has 0 radical (unpaired) electrons. The number of rotatable bonds is 8. The second-order valence-electron chi connectivity index (χ2n) is 7.18. The van der Waals surface area contributed by atoms with Crippen LogP contribution in [-0.4, -0.2) is 27.0 Å². The lowest BCUT2D eigenvalue weighted by molar-refractivity contribution is 0.0950. The van der Waals surface area contributed by atoms with Crippen molar-refractivity contribution in [1.29, 1.82) is 0 Å². The zero-order valence-corrected chi connectivity index (χ0v) is 18.4. The Balaban J connectivity index is 1.58. The maximum absolute atomic E-state index is 12.4. The minimum atomic E-state index is -0.172. The molecule has 28 heavy (non-hydrogen) atoms. The molecule has 3 rings (SSSR count). The van der Waals surface area contributed by atoms with E-state index in [1.165, 1.54) is 26.7 Å². The van der Waals surface area contributed by atoms with Crippen molar-refractivity contribution in [3.63, 3.8) is 0 Å². The first-order valence-corrected chi connectivity index (χ1v) is 11.0. The maximum Gasteiger partial charge on any atom is 0.282 e. The van der Waals surface area contributed by atoms with Crippen LogP contribution < -0.4 is 5.32 Å². The van der Waals surface area contributed by atoms with E-state index in [-0.39, 0.29) is 5.91 Å². The average Bonchev–Trinajstić information content (AvgIpc) is 3.29. The van der Waals surface area contributed by atoms with Gasteiger partial charge in [0.25, 0.3) is 5.91 Å². The van der Waals surface area contributed by atoms with Gasteiger partial charge in [0.1, 0.15) is 5.01 Å². The molecule has 148 valence electrons. The van der Waals surface area contributed by atoms with E-state index in [0.29, 0.717) is 24.1 Å². The van der Waals surface area contributed by atoms with Crippen molar-refractivity contribution in [2.24, 2.45) is 0 Å². The predicted octanol–water partition coefficient (Wildman–Crippen LogP) is 4.56. The molecule has 3 aromatic rings. The van der Waals surface area contributed by atoms with Gasteiger partial charge in [-0.25, -0.2) is 0 Å². The lowest BCUT2D eigenvalue weighted by atomic mass is 10.1. The topological polar surface area (TPSA) is 58.1 Å². The Morgan fingerprint density at radius 2 is 1.79 bits per heavy atom. The second-order valence-corrected chi connectivity index (χ2v) is 9.61. The number of carbonyl (C=O) groups is 1. The SMILES string of the molecule is Cc1ccc(CNC(=O)c2nnc(CN(Cc3ccc(C)s3)C(C)C)s2)cc1. The first kappa shape index (κ1) is 20.6. The first-order valence-electron chi connectivity index (χ1n) is 9.36. The molecule has 2 heterocycles. The molecule has 0 fully saturated rings. The standard InChI is InChI=1S/C21H26N4OS2/c1-14(2)25(12-18-10-7-16(4)27-18)13-19-23-24-21(28-19)20(26)22-11-17-8-5-15(3)6-9-17/h5-10,14H,11-13H2,1-4H3,(H,22,26). The summed E-state index contributed by atoms with van der Waals surface area (Å²) >= 11 is 3.19. The van der Waals surface area contributed by atoms with Crippen LogP contribution in [0.2, 0.25) is 0 Å². The summed E-state index contributed by atoms with van der Waals surface area (Å²) in [7, 11) is 0. The molecular weight excluding hydrogens is 388 g/mol. The van der Waals surface area contributed by atoms with Crippen LogP contribution in [0.4, 0.5) is 0 Å². The molecule has 0 aliphatic rings. The van der Waals surface area contributed by atoms with E-state index in [1.54, 1.807) is 0 Å². The van der Waals surface area contributed by atoms with Crippen molar-refractivity contribution in [3.8, 4) is 0 Å². The summed E-state index contributed by atoms with van der Waals surface area (Å²) in [5.41, 5.74) is 2.28. The normalized spacial score (nSPS) is 11.4. The number of thiophene rings is 1. The van der Waals surface area contributed by atoms with Crippen LogP contribution in [0.25, 0.3) is 0 Å². The first-order chi connectivity index (χ1) is 13.4. The zero-order chi connectivity index (χ0) is 20.1. The average molecular weight is 415 g/mol. The van der Waals surface area contributed by atoms with E-state index in [2.05, 4.69) is 53.3 Å². The predicted molar refractivity (Wildman–Crippen MR) is 116 cm³/mol. The Bertz CT molecular complexity index is 915. The highest BCUT2D eigenvalue weighted by Gasteiger charge is 2.17. The molecule has 0 unspecified atom stereocenters. The van der Waals surface area contributed by atoms with Crippen molar-refractivity contribution in [1.82, 2.24) is 20.4 Å². The van der Waals surface area contributed by atoms with Crippen LogP contribution in [0.5, 0.6) is 0 Å². The van der Waals surface area contributed by atoms with Gasteiger partial charge in [-0.2, -0.15) is 0 Å². The number of aromatic nitrogens is 2. The van der Waals surface area contributed by atoms with E-state index >= 15 is 0 Å². The van der Waals surface area contributed by atoms with Crippen molar-refractivity contribution in [3.05, 3.63) is 67.3 Å². The van der Waals surface area contributed by atoms with Gasteiger partial charge in [0.2, 0.25) is 5.01 Å². The molecule has 0 atom stereocenters. The molecule has 0 aliphatic carbocycles. The third kappa shape index (κ3) is 5.70. The number of nitrogens with one attached hydrogen (secondary N) is 1. The van der Waals surface area contributed by atoms with Gasteiger partial charge in [-0.05, 0) is 45.4 Å². The number of aryl methyl sites for hydroxylation is 2. The number of hydrogen-bond acceptors (Lipinski definition) is 6. The lowest BCUT2D eigenvalue weighted by Gasteiger charge is -2.24. The van der Waals surface area contributed by atoms with Gasteiger partial charge < -0.3 is 5.32 Å². The van der Waals surface area contributed by atoms with E-state index in [9.17, 15) is 4.79 Å². The van der Waals surface area contributed by atoms with Gasteiger partial charge in [0, 0.05) is 28.9 Å². The molecular formula is C21H26N4OS2. The molecule has 1 N–H and O–H groups in total. The summed E-state index contributed by atoms with van der Waals surface area (Å²) in [5, 5.41) is 12.5. The van der Waals surface area contributed by atoms with E-state index in [1.807, 2.05) is 42.5 Å². The summed E-state index contributed by atoms with van der Waals surface area (Å²) < 4.78 is 0. The molecule has 2 aromatic heterocycles. The Morgan fingerprint density at radius 3 is 2.43 bits per heavy atom. The second kappa shape index (κ2) is 9.41. The van der Waals surface area contributed by atoms with E-state index in [0.717, 1.165) is 17.1 Å². The van der Waals surface area contributed by atoms with E-state index in [4.69, 9.17) is 0 Å². The van der Waals surface area contributed by atoms with Crippen molar-refractivity contribution in [2.45, 2.75) is 53.4 Å². The van der Waals surface area contributed by atoms with Crippen LogP contribution >= 0.6 is 22.7 Å². The fourth-order valence-electron chi connectivity index (χ4n) is 2.74. The van der Waals surface area contributed by atoms with Crippen LogP contribution in [-0.2, 0) is 19.6 Å². The molecule has 0 saturated carbocycles. The van der Waals surface area contributed by atoms with Crippen molar-refractivity contribution < 1.29 is 4.79 Å². The van der Waals surface area contributed by atoms with Gasteiger partial charge in [0.15, 0.2) is 0 Å². The highest BCUT2D eigenvalue weighted by molar-refractivity contribution is 7.13. The molecule has 1 amide bonds. The summed E-state index contributed by atoms with van der Waals surface area (Å²) in [6.07, 6.45) is 0. The summed E-state index contributed by atoms with van der Waals surface area (Å²) in [6, 6.07) is 12.8. The largest absolute Gasteiger partial charge is 0.346 e. The summed E-state index contributed by atoms with van der Waals surface area (Å²) in [4.78, 5) is 17.4. The Morgan fingerprint density at radius 1 is 1.04 bits per heavy atom. The minimum absolute atomic E-state index is 0.172. The van der Waals surface area contributed by atoms with Gasteiger partial charge in [-0.3, -0.25) is 9.69 Å². The van der Waals surface area contributed by atoms with E-state index < -0.39 is 0 Å². The molecule has 5 nitrogen and oxygen atoms in total. The molecule has 0 saturated heterocycles. The summed E-state index contributed by atoms with van der Waals surface area (Å²) in [5.74, 6) is -0.172. The third-order valence-corrected chi connectivity index (χ3v) is 6.35. The molecule has 0 bridgehead atoms. The van der Waals surface area contributed by atoms with Crippen LogP contribution in [0, 0.1) is 13.8 Å². The fraction of sp³-hybridized carbons (Fsp3) is 0.381. The summed E-state index contributed by atoms with van der Waals surface area (Å²) in [6.45, 7) is 10.6. The maximum atomic E-state index is 12.4. The molecule has 0 spiro atoms. The highest BCUT2D eigenvalue weighted by atomic mass is 32.1. The van der Waals surface area contributed by atoms with Crippen molar-refractivity contribution >= 4 is 28.6 Å². The van der Waals surface area contributed by atoms with Crippen LogP contribution in [0.3, 0.4) is 0 Å². The Kier molecular flexibility index (Phi) is 6.93. The third-order valence-electron chi connectivity index (χ3n) is 4.46. The van der Waals surface area contributed by atoms with Gasteiger partial charge in [-0.15, -0.1) is 21.5 Å². The zero-order valence-electron chi connectivity index (χ0n) is 16.7. The molecule has 7 heteroatoms. The number of benzene rings is 1. The monoisotopic (exact) mass is 414 g/mol. The van der Waals surface area contributed by atoms with Crippen LogP contribution in [0.1, 0.15) is 49.5 Å².